The Balaban J connectivity index is 0. The Labute approximate surface area is 108 Å². The summed E-state index contributed by atoms with van der Waals surface area (Å²) in [6.07, 6.45) is -1.25. The zero-order chi connectivity index (χ0) is 12.8. The van der Waals surface area contributed by atoms with E-state index in [1.165, 1.54) is 7.05 Å². The van der Waals surface area contributed by atoms with E-state index >= 15 is 0 Å². The number of hydrogen-bond donors (Lipinski definition) is 2. The molecule has 0 aliphatic rings. The number of aromatic hydroxyl groups is 1. The smallest absolute Gasteiger partial charge is 0.135 e. The molecule has 2 N–H and O–H groups in total. The van der Waals surface area contributed by atoms with Gasteiger partial charge in [0.15, 0.2) is 0 Å². The molecule has 0 fully saturated rings. The van der Waals surface area contributed by atoms with Crippen LogP contribution in [0.1, 0.15) is 0 Å². The van der Waals surface area contributed by atoms with Crippen LogP contribution in [0.4, 0.5) is 10.5 Å². The van der Waals surface area contributed by atoms with E-state index in [-0.39, 0.29) is 12.4 Å². The van der Waals surface area contributed by atoms with E-state index in [4.69, 9.17) is 15.0 Å². The maximum absolute atomic E-state index is 9.17. The predicted octanol–water partition coefficient (Wildman–Crippen LogP) is 0.560. The van der Waals surface area contributed by atoms with Crippen LogP contribution in [-0.4, -0.2) is 39.4 Å². The number of carbonyl (C=O) groups excluding carboxylic acids is 1. The van der Waals surface area contributed by atoms with Crippen LogP contribution in [0.3, 0.4) is 0 Å². The van der Waals surface area contributed by atoms with E-state index in [0.717, 1.165) is 10.2 Å². The Kier molecular flexibility index (Phi) is 8.17. The van der Waals surface area contributed by atoms with Crippen molar-refractivity contribution in [1.82, 2.24) is 9.80 Å². The second kappa shape index (κ2) is 7.76. The topological polar surface area (TPSA) is 72.4 Å². The first-order valence-electron chi connectivity index (χ1n) is 4.77. The zero-order valence-corrected chi connectivity index (χ0v) is 11.2. The first kappa shape index (κ1) is 17.9. The Hall–Kier alpha value is -1.46. The van der Waals surface area contributed by atoms with Crippen molar-refractivity contribution in [2.45, 2.75) is 0 Å². The summed E-state index contributed by atoms with van der Waals surface area (Å²) in [5, 5.41) is 20.1. The molecular weight excluding hydrogens is 244 g/mol. The van der Waals surface area contributed by atoms with Gasteiger partial charge in [-0.05, 0) is 12.1 Å². The first-order valence-corrected chi connectivity index (χ1v) is 4.77. The minimum atomic E-state index is -1.25. The fourth-order valence-corrected chi connectivity index (χ4v) is 0.910. The molecule has 0 atom stereocenters. The minimum Gasteiger partial charge on any atom is -0.530 e. The number of hydrogen-bond acceptors (Lipinski definition) is 3. The highest BCUT2D eigenvalue weighted by molar-refractivity contribution is 5.85. The molecule has 0 heterocycles. The van der Waals surface area contributed by atoms with E-state index in [1.54, 1.807) is 12.1 Å². The lowest BCUT2D eigenvalue weighted by atomic mass is 10.2. The molecule has 1 rings (SSSR count). The van der Waals surface area contributed by atoms with E-state index in [2.05, 4.69) is 21.1 Å². The molecule has 1 aromatic rings. The maximum Gasteiger partial charge on any atom is 0.135 e. The molecule has 1 amide bonds. The Bertz CT molecular complexity index is 351. The van der Waals surface area contributed by atoms with Gasteiger partial charge in [0.25, 0.3) is 0 Å². The number of benzene rings is 1. The molecule has 0 saturated carbocycles. The summed E-state index contributed by atoms with van der Waals surface area (Å²) in [4.78, 5) is 9.15. The normalized spacial score (nSPS) is 9.41. The second-order valence-corrected chi connectivity index (χ2v) is 4.07. The zero-order valence-electron chi connectivity index (χ0n) is 10.4. The lowest BCUT2D eigenvalue weighted by molar-refractivity contribution is -0.250. The van der Waals surface area contributed by atoms with Crippen molar-refractivity contribution in [2.75, 3.05) is 28.2 Å². The number of phenolic OH excluding ortho intramolecular Hbond substituents is 1. The van der Waals surface area contributed by atoms with Gasteiger partial charge in [-0.1, -0.05) is 6.07 Å². The summed E-state index contributed by atoms with van der Waals surface area (Å²) in [5.41, 5.74) is 1.10. The average molecular weight is 263 g/mol. The number of carboxylic acid groups (broad SMARTS) is 1. The highest BCUT2D eigenvalue weighted by Gasteiger charge is 2.11. The van der Waals surface area contributed by atoms with Gasteiger partial charge in [0.05, 0.1) is 21.1 Å². The number of phenols is 1. The lowest BCUT2D eigenvalue weighted by Crippen LogP contribution is -2.34. The van der Waals surface area contributed by atoms with E-state index in [9.17, 15) is 0 Å². The number of nitrogens with zero attached hydrogens (tertiary/aromatic N) is 1. The summed E-state index contributed by atoms with van der Waals surface area (Å²) >= 11 is 0. The summed E-state index contributed by atoms with van der Waals surface area (Å²) < 4.78 is 0.731. The molecule has 0 saturated heterocycles. The van der Waals surface area contributed by atoms with Gasteiger partial charge < -0.3 is 20.3 Å². The van der Waals surface area contributed by atoms with Crippen molar-refractivity contribution >= 4 is 24.2 Å². The first-order chi connectivity index (χ1) is 7.27. The predicted molar refractivity (Wildman–Crippen MR) is 69.4 cm³/mol. The second-order valence-electron chi connectivity index (χ2n) is 4.07. The van der Waals surface area contributed by atoms with Gasteiger partial charge >= 0.3 is 0 Å². The summed E-state index contributed by atoms with van der Waals surface area (Å²) in [6, 6.07) is 7.31. The van der Waals surface area contributed by atoms with E-state index < -0.39 is 6.09 Å². The van der Waals surface area contributed by atoms with E-state index in [1.807, 2.05) is 17.4 Å². The molecule has 0 aliphatic heterocycles. The molecular formula is C11H19ClN2O3. The molecule has 5 nitrogen and oxygen atoms in total. The number of amides is 1. The monoisotopic (exact) mass is 262 g/mol. The quantitative estimate of drug-likeness (QED) is 0.727. The van der Waals surface area contributed by atoms with Crippen molar-refractivity contribution in [3.63, 3.8) is 0 Å². The van der Waals surface area contributed by atoms with Gasteiger partial charge in [-0.2, -0.15) is 0 Å². The Morgan fingerprint density at radius 3 is 2.06 bits per heavy atom. The van der Waals surface area contributed by atoms with Crippen molar-refractivity contribution < 1.29 is 15.0 Å². The Morgan fingerprint density at radius 1 is 1.35 bits per heavy atom. The number of rotatable bonds is 1. The average Bonchev–Trinajstić information content (AvgIpc) is 2.17. The molecule has 0 bridgehead atoms. The van der Waals surface area contributed by atoms with Gasteiger partial charge in [0.1, 0.15) is 17.5 Å². The summed E-state index contributed by atoms with van der Waals surface area (Å²) in [7, 11) is 7.48. The lowest BCUT2D eigenvalue weighted by Gasteiger charge is -2.23. The van der Waals surface area contributed by atoms with Crippen molar-refractivity contribution in [3.05, 3.63) is 24.3 Å². The van der Waals surface area contributed by atoms with Gasteiger partial charge in [-0.25, -0.2) is 0 Å². The molecule has 0 aromatic heterocycles. The highest BCUT2D eigenvalue weighted by Crippen LogP contribution is 2.21. The number of quaternary nitrogens is 1. The molecule has 6 heteroatoms. The van der Waals surface area contributed by atoms with Gasteiger partial charge in [0, 0.05) is 13.1 Å². The van der Waals surface area contributed by atoms with Gasteiger partial charge in [-0.3, -0.25) is 4.48 Å². The number of nitrogens with one attached hydrogen (secondary N) is 1. The van der Waals surface area contributed by atoms with Crippen LogP contribution >= 0.6 is 12.4 Å². The molecule has 98 valence electrons. The van der Waals surface area contributed by atoms with Crippen molar-refractivity contribution in [1.29, 1.82) is 0 Å². The minimum absolute atomic E-state index is 0. The molecule has 0 unspecified atom stereocenters. The SMILES string of the molecule is CNC(=O)[O-].C[N+](C)(C)c1cccc(O)c1.Cl. The largest absolute Gasteiger partial charge is 0.530 e. The fourth-order valence-electron chi connectivity index (χ4n) is 0.910. The summed E-state index contributed by atoms with van der Waals surface area (Å²) in [5.74, 6) is 0.329. The van der Waals surface area contributed by atoms with Crippen LogP contribution in [0.2, 0.25) is 0 Å². The third kappa shape index (κ3) is 8.36. The van der Waals surface area contributed by atoms with Crippen LogP contribution in [0.25, 0.3) is 0 Å². The molecule has 0 aliphatic carbocycles. The molecule has 1 aromatic carbocycles. The van der Waals surface area contributed by atoms with Crippen molar-refractivity contribution in [2.24, 2.45) is 0 Å². The van der Waals surface area contributed by atoms with Gasteiger partial charge in [-0.15, -0.1) is 12.4 Å². The molecule has 0 spiro atoms. The summed E-state index contributed by atoms with van der Waals surface area (Å²) in [6.45, 7) is 0. The molecule has 17 heavy (non-hydrogen) atoms. The third-order valence-electron chi connectivity index (χ3n) is 1.81. The van der Waals surface area contributed by atoms with Crippen molar-refractivity contribution in [3.8, 4) is 5.75 Å². The number of halogens is 1. The van der Waals surface area contributed by atoms with Crippen LogP contribution in [0.5, 0.6) is 5.75 Å². The highest BCUT2D eigenvalue weighted by atomic mass is 35.5. The standard InChI is InChI=1S/C9H13NO.C2H5NO2.ClH/c1-10(2,3)8-5-4-6-9(11)7-8;1-3-2(4)5;/h4-7H,1-3H3;3H,1H3,(H,4,5);1H. The molecule has 0 radical (unpaired) electrons. The van der Waals surface area contributed by atoms with Crippen LogP contribution in [0, 0.1) is 0 Å². The van der Waals surface area contributed by atoms with Crippen LogP contribution in [-0.2, 0) is 0 Å². The van der Waals surface area contributed by atoms with Crippen LogP contribution < -0.4 is 14.9 Å². The third-order valence-corrected chi connectivity index (χ3v) is 1.81. The van der Waals surface area contributed by atoms with E-state index in [0.29, 0.717) is 5.75 Å². The maximum atomic E-state index is 9.17. The Morgan fingerprint density at radius 2 is 1.82 bits per heavy atom. The fraction of sp³-hybridized carbons (Fsp3) is 0.364. The van der Waals surface area contributed by atoms with Crippen LogP contribution in [0.15, 0.2) is 24.3 Å². The van der Waals surface area contributed by atoms with Gasteiger partial charge in [0.2, 0.25) is 0 Å². The number of carbonyl (C=O) groups is 1.